The molecule has 2 heterocycles. The molecule has 0 spiro atoms. The summed E-state index contributed by atoms with van der Waals surface area (Å²) in [7, 11) is 0. The summed E-state index contributed by atoms with van der Waals surface area (Å²) in [5.74, 6) is -0.528. The number of carbonyl (C=O) groups excluding carboxylic acids is 1. The summed E-state index contributed by atoms with van der Waals surface area (Å²) in [6, 6.07) is 10.6. The molecular formula is C18H22N4O2. The lowest BCUT2D eigenvalue weighted by atomic mass is 10.0. The third kappa shape index (κ3) is 4.10. The highest BCUT2D eigenvalue weighted by atomic mass is 16.5. The second-order valence-electron chi connectivity index (χ2n) is 5.94. The van der Waals surface area contributed by atoms with Crippen LogP contribution in [-0.4, -0.2) is 38.9 Å². The van der Waals surface area contributed by atoms with E-state index < -0.39 is 5.91 Å². The maximum atomic E-state index is 11.0. The average molecular weight is 326 g/mol. The van der Waals surface area contributed by atoms with Crippen molar-refractivity contribution >= 4 is 12.0 Å². The summed E-state index contributed by atoms with van der Waals surface area (Å²) in [4.78, 5) is 13.5. The van der Waals surface area contributed by atoms with E-state index in [-0.39, 0.29) is 0 Å². The Morgan fingerprint density at radius 1 is 1.33 bits per heavy atom. The number of carbonyl (C=O) groups is 1. The molecule has 2 N–H and O–H groups in total. The third-order valence-electron chi connectivity index (χ3n) is 4.40. The van der Waals surface area contributed by atoms with Crippen LogP contribution < -0.4 is 5.48 Å². The van der Waals surface area contributed by atoms with Crippen molar-refractivity contribution in [2.24, 2.45) is 0 Å². The van der Waals surface area contributed by atoms with Gasteiger partial charge in [0.1, 0.15) is 0 Å². The molecule has 126 valence electrons. The zero-order valence-electron chi connectivity index (χ0n) is 13.5. The van der Waals surface area contributed by atoms with Crippen molar-refractivity contribution in [2.45, 2.75) is 25.4 Å². The predicted molar refractivity (Wildman–Crippen MR) is 91.2 cm³/mol. The van der Waals surface area contributed by atoms with Gasteiger partial charge in [0.05, 0.1) is 6.54 Å². The Labute approximate surface area is 141 Å². The van der Waals surface area contributed by atoms with E-state index in [9.17, 15) is 4.79 Å². The van der Waals surface area contributed by atoms with Crippen molar-refractivity contribution in [1.29, 1.82) is 0 Å². The van der Waals surface area contributed by atoms with Crippen LogP contribution in [0.15, 0.2) is 48.8 Å². The van der Waals surface area contributed by atoms with E-state index in [1.54, 1.807) is 11.6 Å². The van der Waals surface area contributed by atoms with Gasteiger partial charge in [-0.25, -0.2) is 5.48 Å². The Morgan fingerprint density at radius 3 is 2.88 bits per heavy atom. The van der Waals surface area contributed by atoms with Gasteiger partial charge in [-0.1, -0.05) is 24.3 Å². The molecule has 1 fully saturated rings. The fourth-order valence-corrected chi connectivity index (χ4v) is 3.17. The van der Waals surface area contributed by atoms with E-state index in [1.807, 2.05) is 35.3 Å². The zero-order valence-corrected chi connectivity index (χ0v) is 13.5. The molecule has 1 atom stereocenters. The molecule has 1 aromatic heterocycles. The second-order valence-corrected chi connectivity index (χ2v) is 5.94. The van der Waals surface area contributed by atoms with Crippen LogP contribution in [0.5, 0.6) is 0 Å². The van der Waals surface area contributed by atoms with Gasteiger partial charge in [-0.3, -0.25) is 19.6 Å². The summed E-state index contributed by atoms with van der Waals surface area (Å²) >= 11 is 0. The molecule has 1 saturated heterocycles. The number of rotatable bonds is 6. The minimum Gasteiger partial charge on any atom is -0.294 e. The molecule has 2 aromatic rings. The molecule has 0 aliphatic carbocycles. The molecule has 24 heavy (non-hydrogen) atoms. The number of nitrogens with zero attached hydrogens (tertiary/aromatic N) is 3. The van der Waals surface area contributed by atoms with Crippen molar-refractivity contribution < 1.29 is 10.0 Å². The molecule has 1 aliphatic heterocycles. The Hall–Kier alpha value is -2.44. The van der Waals surface area contributed by atoms with Crippen molar-refractivity contribution in [3.05, 3.63) is 59.9 Å². The molecule has 0 unspecified atom stereocenters. The highest BCUT2D eigenvalue weighted by molar-refractivity contribution is 5.90. The molecule has 1 amide bonds. The maximum absolute atomic E-state index is 11.0. The van der Waals surface area contributed by atoms with Crippen molar-refractivity contribution in [3.63, 3.8) is 0 Å². The number of hydrogen-bond acceptors (Lipinski definition) is 4. The Morgan fingerprint density at radius 2 is 2.17 bits per heavy atom. The standard InChI is InChI=1S/C18H22N4O2/c23-18(20-24)9-6-15-4-7-16(8-5-15)17-3-1-11-21(17)13-14-22-12-2-10-19-22/h2,4-10,12,17,24H,1,3,11,13-14H2,(H,20,23)/t17-/m0/s1. The molecule has 1 aromatic carbocycles. The lowest BCUT2D eigenvalue weighted by Gasteiger charge is -2.24. The lowest BCUT2D eigenvalue weighted by Crippen LogP contribution is -2.27. The molecule has 1 aliphatic rings. The van der Waals surface area contributed by atoms with Crippen LogP contribution in [0, 0.1) is 0 Å². The van der Waals surface area contributed by atoms with Gasteiger partial charge in [-0.2, -0.15) is 5.10 Å². The van der Waals surface area contributed by atoms with Crippen molar-refractivity contribution in [1.82, 2.24) is 20.2 Å². The van der Waals surface area contributed by atoms with Crippen molar-refractivity contribution in [2.75, 3.05) is 13.1 Å². The zero-order chi connectivity index (χ0) is 16.8. The lowest BCUT2D eigenvalue weighted by molar-refractivity contribution is -0.124. The first-order valence-corrected chi connectivity index (χ1v) is 8.20. The number of aromatic nitrogens is 2. The minimum atomic E-state index is -0.528. The topological polar surface area (TPSA) is 70.4 Å². The van der Waals surface area contributed by atoms with Gasteiger partial charge in [0, 0.05) is 31.1 Å². The van der Waals surface area contributed by atoms with Gasteiger partial charge in [-0.05, 0) is 42.7 Å². The SMILES string of the molecule is O=C(C=Cc1ccc([C@@H]2CCCN2CCn2cccn2)cc1)NO. The van der Waals surface area contributed by atoms with E-state index in [4.69, 9.17) is 5.21 Å². The number of likely N-dealkylation sites (tertiary alicyclic amines) is 1. The maximum Gasteiger partial charge on any atom is 0.267 e. The Kier molecular flexibility index (Phi) is 5.40. The molecule has 6 nitrogen and oxygen atoms in total. The van der Waals surface area contributed by atoms with Crippen LogP contribution in [0.1, 0.15) is 30.0 Å². The van der Waals surface area contributed by atoms with E-state index in [1.165, 1.54) is 24.5 Å². The first-order chi connectivity index (χ1) is 11.8. The Balaban J connectivity index is 1.62. The minimum absolute atomic E-state index is 0.444. The van der Waals surface area contributed by atoms with Crippen LogP contribution in [0.4, 0.5) is 0 Å². The van der Waals surface area contributed by atoms with Crippen LogP contribution in [0.25, 0.3) is 6.08 Å². The molecule has 0 bridgehead atoms. The number of hydroxylamine groups is 1. The van der Waals surface area contributed by atoms with Gasteiger partial charge in [-0.15, -0.1) is 0 Å². The second kappa shape index (κ2) is 7.90. The summed E-state index contributed by atoms with van der Waals surface area (Å²) in [5, 5.41) is 12.7. The van der Waals surface area contributed by atoms with E-state index in [2.05, 4.69) is 22.1 Å². The molecule has 0 saturated carbocycles. The molecule has 6 heteroatoms. The van der Waals surface area contributed by atoms with E-state index in [0.717, 1.165) is 25.2 Å². The summed E-state index contributed by atoms with van der Waals surface area (Å²) in [6.45, 7) is 3.01. The van der Waals surface area contributed by atoms with Crippen LogP contribution in [-0.2, 0) is 11.3 Å². The van der Waals surface area contributed by atoms with Crippen LogP contribution in [0.2, 0.25) is 0 Å². The highest BCUT2D eigenvalue weighted by Crippen LogP contribution is 2.31. The quantitative estimate of drug-likeness (QED) is 0.485. The smallest absolute Gasteiger partial charge is 0.267 e. The number of nitrogens with one attached hydrogen (secondary N) is 1. The fourth-order valence-electron chi connectivity index (χ4n) is 3.17. The Bertz CT molecular complexity index is 680. The molecule has 0 radical (unpaired) electrons. The van der Waals surface area contributed by atoms with Gasteiger partial charge in [0.25, 0.3) is 5.91 Å². The number of hydrogen-bond donors (Lipinski definition) is 2. The highest BCUT2D eigenvalue weighted by Gasteiger charge is 2.25. The average Bonchev–Trinajstić information content (AvgIpc) is 3.29. The van der Waals surface area contributed by atoms with Gasteiger partial charge in [0.15, 0.2) is 0 Å². The molecular weight excluding hydrogens is 304 g/mol. The summed E-state index contributed by atoms with van der Waals surface area (Å²) in [6.07, 6.45) is 9.17. The van der Waals surface area contributed by atoms with Crippen LogP contribution in [0.3, 0.4) is 0 Å². The van der Waals surface area contributed by atoms with Gasteiger partial charge >= 0.3 is 0 Å². The van der Waals surface area contributed by atoms with Gasteiger partial charge in [0.2, 0.25) is 0 Å². The normalized spacial score (nSPS) is 18.3. The summed E-state index contributed by atoms with van der Waals surface area (Å²) in [5.41, 5.74) is 3.82. The third-order valence-corrected chi connectivity index (χ3v) is 4.40. The first-order valence-electron chi connectivity index (χ1n) is 8.20. The predicted octanol–water partition coefficient (Wildman–Crippen LogP) is 2.24. The fraction of sp³-hybridized carbons (Fsp3) is 0.333. The van der Waals surface area contributed by atoms with E-state index in [0.29, 0.717) is 6.04 Å². The first kappa shape index (κ1) is 16.4. The van der Waals surface area contributed by atoms with Crippen LogP contribution >= 0.6 is 0 Å². The molecule has 3 rings (SSSR count). The van der Waals surface area contributed by atoms with Crippen molar-refractivity contribution in [3.8, 4) is 0 Å². The monoisotopic (exact) mass is 326 g/mol. The number of amides is 1. The summed E-state index contributed by atoms with van der Waals surface area (Å²) < 4.78 is 1.97. The largest absolute Gasteiger partial charge is 0.294 e. The number of benzene rings is 1. The van der Waals surface area contributed by atoms with E-state index >= 15 is 0 Å². The van der Waals surface area contributed by atoms with Gasteiger partial charge < -0.3 is 0 Å².